The molecule has 190 valence electrons. The van der Waals surface area contributed by atoms with Crippen LogP contribution in [-0.4, -0.2) is 17.2 Å². The van der Waals surface area contributed by atoms with Gasteiger partial charge in [0.25, 0.3) is 5.91 Å². The monoisotopic (exact) mass is 505 g/mol. The second-order valence-corrected chi connectivity index (χ2v) is 8.23. The van der Waals surface area contributed by atoms with Gasteiger partial charge in [0, 0.05) is 11.4 Å². The quantitative estimate of drug-likeness (QED) is 0.236. The molecule has 0 heterocycles. The van der Waals surface area contributed by atoms with Gasteiger partial charge in [0.15, 0.2) is 0 Å². The molecular weight excluding hydrogens is 479 g/mol. The van der Waals surface area contributed by atoms with Gasteiger partial charge in [-0.3, -0.25) is 4.79 Å². The van der Waals surface area contributed by atoms with Gasteiger partial charge in [0.1, 0.15) is 11.3 Å². The fourth-order valence-corrected chi connectivity index (χ4v) is 3.81. The van der Waals surface area contributed by atoms with Crippen molar-refractivity contribution in [2.24, 2.45) is 0 Å². The number of allylic oxidation sites excluding steroid dienone is 3. The highest BCUT2D eigenvalue weighted by atomic mass is 19.4. The Hall–Kier alpha value is -4.35. The molecule has 0 saturated heterocycles. The van der Waals surface area contributed by atoms with E-state index in [0.29, 0.717) is 23.6 Å². The smallest absolute Gasteiger partial charge is 0.380 e. The summed E-state index contributed by atoms with van der Waals surface area (Å²) in [4.78, 5) is 13.2. The Labute approximate surface area is 213 Å². The molecule has 3 aromatic rings. The molecule has 3 rings (SSSR count). The van der Waals surface area contributed by atoms with Crippen molar-refractivity contribution < 1.29 is 23.1 Å². The van der Waals surface area contributed by atoms with Crippen LogP contribution in [0, 0.1) is 11.3 Å². The first-order chi connectivity index (χ1) is 17.6. The molecule has 0 radical (unpaired) electrons. The summed E-state index contributed by atoms with van der Waals surface area (Å²) in [6, 6.07) is 23.6. The summed E-state index contributed by atoms with van der Waals surface area (Å²) in [6.45, 7) is 3.05. The lowest BCUT2D eigenvalue weighted by Crippen LogP contribution is -2.27. The van der Waals surface area contributed by atoms with Gasteiger partial charge in [-0.25, -0.2) is 0 Å². The number of hydrogen-bond donors (Lipinski definition) is 3. The van der Waals surface area contributed by atoms with Gasteiger partial charge in [-0.05, 0) is 60.9 Å². The van der Waals surface area contributed by atoms with E-state index in [9.17, 15) is 23.1 Å². The first-order valence-corrected chi connectivity index (χ1v) is 11.5. The van der Waals surface area contributed by atoms with Gasteiger partial charge in [0.2, 0.25) is 0 Å². The predicted octanol–water partition coefficient (Wildman–Crippen LogP) is 6.65. The Balaban J connectivity index is 1.97. The Morgan fingerprint density at radius 1 is 0.946 bits per heavy atom. The van der Waals surface area contributed by atoms with Crippen LogP contribution in [0.2, 0.25) is 0 Å². The van der Waals surface area contributed by atoms with E-state index in [-0.39, 0.29) is 22.6 Å². The third kappa shape index (κ3) is 6.66. The zero-order chi connectivity index (χ0) is 27.1. The van der Waals surface area contributed by atoms with Crippen LogP contribution in [0.4, 0.5) is 24.5 Å². The molecule has 1 unspecified atom stereocenters. The molecule has 1 amide bonds. The fraction of sp³-hybridized carbons (Fsp3) is 0.172. The second-order valence-electron chi connectivity index (χ2n) is 8.23. The van der Waals surface area contributed by atoms with Gasteiger partial charge in [0.05, 0.1) is 17.2 Å². The fourth-order valence-electron chi connectivity index (χ4n) is 3.81. The third-order valence-corrected chi connectivity index (χ3v) is 5.81. The van der Waals surface area contributed by atoms with E-state index in [4.69, 9.17) is 5.26 Å². The van der Waals surface area contributed by atoms with Gasteiger partial charge >= 0.3 is 6.18 Å². The number of carbonyl (C=O) groups is 1. The standard InChI is InChI=1S/C29H26F3N3O2/c1-3-21(29(30,31)32)18-26(34-24-14-8-10-20(16-24)19-33)27(36)35-25-15-9-13-23(17-25)28(37,4-2)22-11-6-5-7-12-22/h3,5-18,34,37H,4H2,1-2H3,(H,35,36)/b21-3-,26-18-. The molecule has 0 aromatic heterocycles. The highest BCUT2D eigenvalue weighted by Crippen LogP contribution is 2.34. The Bertz CT molecular complexity index is 1360. The third-order valence-electron chi connectivity index (χ3n) is 5.81. The second kappa shape index (κ2) is 11.6. The van der Waals surface area contributed by atoms with Crippen LogP contribution in [0.25, 0.3) is 0 Å². The highest BCUT2D eigenvalue weighted by molar-refractivity contribution is 6.06. The van der Waals surface area contributed by atoms with Gasteiger partial charge in [-0.2, -0.15) is 18.4 Å². The summed E-state index contributed by atoms with van der Waals surface area (Å²) in [6.07, 6.45) is -2.75. The summed E-state index contributed by atoms with van der Waals surface area (Å²) >= 11 is 0. The van der Waals surface area contributed by atoms with Crippen molar-refractivity contribution in [2.75, 3.05) is 10.6 Å². The average molecular weight is 506 g/mol. The molecule has 0 bridgehead atoms. The maximum absolute atomic E-state index is 13.5. The SMILES string of the molecule is C/C=C(/C=C(\Nc1cccc(C#N)c1)C(=O)Nc1cccc(C(O)(CC)c2ccccc2)c1)C(F)(F)F. The van der Waals surface area contributed by atoms with E-state index in [1.807, 2.05) is 31.2 Å². The highest BCUT2D eigenvalue weighted by Gasteiger charge is 2.33. The van der Waals surface area contributed by atoms with E-state index in [0.717, 1.165) is 6.08 Å². The van der Waals surface area contributed by atoms with Crippen molar-refractivity contribution in [3.05, 3.63) is 119 Å². The number of halogens is 3. The molecule has 0 aliphatic heterocycles. The number of alkyl halides is 3. The number of hydrogen-bond acceptors (Lipinski definition) is 4. The first kappa shape index (κ1) is 27.2. The number of amides is 1. The number of rotatable bonds is 8. The summed E-state index contributed by atoms with van der Waals surface area (Å²) in [5, 5.41) is 25.9. The number of carbonyl (C=O) groups excluding carboxylic acids is 1. The van der Waals surface area contributed by atoms with Crippen molar-refractivity contribution in [3.63, 3.8) is 0 Å². The number of nitrogens with one attached hydrogen (secondary N) is 2. The summed E-state index contributed by atoms with van der Waals surface area (Å²) < 4.78 is 40.4. The van der Waals surface area contributed by atoms with Crippen LogP contribution >= 0.6 is 0 Å². The zero-order valence-corrected chi connectivity index (χ0v) is 20.3. The van der Waals surface area contributed by atoms with E-state index in [2.05, 4.69) is 10.6 Å². The lowest BCUT2D eigenvalue weighted by atomic mass is 9.84. The zero-order valence-electron chi connectivity index (χ0n) is 20.3. The lowest BCUT2D eigenvalue weighted by Gasteiger charge is -2.28. The minimum Gasteiger partial charge on any atom is -0.380 e. The number of nitriles is 1. The van der Waals surface area contributed by atoms with Crippen LogP contribution in [0.3, 0.4) is 0 Å². The van der Waals surface area contributed by atoms with Gasteiger partial charge < -0.3 is 15.7 Å². The van der Waals surface area contributed by atoms with Crippen molar-refractivity contribution in [2.45, 2.75) is 32.0 Å². The molecule has 0 fully saturated rings. The topological polar surface area (TPSA) is 85.2 Å². The van der Waals surface area contributed by atoms with E-state index < -0.39 is 23.3 Å². The maximum Gasteiger partial charge on any atom is 0.416 e. The van der Waals surface area contributed by atoms with Crippen LogP contribution < -0.4 is 10.6 Å². The lowest BCUT2D eigenvalue weighted by molar-refractivity contribution is -0.112. The van der Waals surface area contributed by atoms with Crippen molar-refractivity contribution in [3.8, 4) is 6.07 Å². The van der Waals surface area contributed by atoms with E-state index in [1.165, 1.54) is 25.1 Å². The minimum absolute atomic E-state index is 0.274. The minimum atomic E-state index is -4.68. The Morgan fingerprint density at radius 3 is 2.16 bits per heavy atom. The molecule has 37 heavy (non-hydrogen) atoms. The summed E-state index contributed by atoms with van der Waals surface area (Å²) in [5.74, 6) is -0.831. The number of benzene rings is 3. The van der Waals surface area contributed by atoms with Crippen molar-refractivity contribution in [1.82, 2.24) is 0 Å². The van der Waals surface area contributed by atoms with Crippen molar-refractivity contribution in [1.29, 1.82) is 5.26 Å². The number of aliphatic hydroxyl groups is 1. The van der Waals surface area contributed by atoms with E-state index >= 15 is 0 Å². The largest absolute Gasteiger partial charge is 0.416 e. The van der Waals surface area contributed by atoms with Crippen LogP contribution in [0.5, 0.6) is 0 Å². The molecule has 3 N–H and O–H groups in total. The molecule has 1 atom stereocenters. The molecular formula is C29H26F3N3O2. The Kier molecular flexibility index (Phi) is 8.53. The number of anilines is 2. The van der Waals surface area contributed by atoms with Gasteiger partial charge in [-0.1, -0.05) is 61.5 Å². The molecule has 3 aromatic carbocycles. The summed E-state index contributed by atoms with van der Waals surface area (Å²) in [7, 11) is 0. The summed E-state index contributed by atoms with van der Waals surface area (Å²) in [5.41, 5.74) is -0.689. The predicted molar refractivity (Wildman–Crippen MR) is 137 cm³/mol. The first-order valence-electron chi connectivity index (χ1n) is 11.5. The van der Waals surface area contributed by atoms with Crippen LogP contribution in [0.15, 0.2) is 102 Å². The average Bonchev–Trinajstić information content (AvgIpc) is 2.90. The molecule has 0 aliphatic rings. The van der Waals surface area contributed by atoms with Crippen LogP contribution in [-0.2, 0) is 10.4 Å². The van der Waals surface area contributed by atoms with Crippen LogP contribution in [0.1, 0.15) is 37.0 Å². The normalized spacial score (nSPS) is 13.9. The maximum atomic E-state index is 13.5. The Morgan fingerprint density at radius 2 is 1.57 bits per heavy atom. The molecule has 0 spiro atoms. The molecule has 0 aliphatic carbocycles. The number of nitrogens with zero attached hydrogens (tertiary/aromatic N) is 1. The van der Waals surface area contributed by atoms with Crippen molar-refractivity contribution >= 4 is 17.3 Å². The van der Waals surface area contributed by atoms with Gasteiger partial charge in [-0.15, -0.1) is 0 Å². The van der Waals surface area contributed by atoms with E-state index in [1.54, 1.807) is 42.5 Å². The molecule has 0 saturated carbocycles. The molecule has 8 heteroatoms. The molecule has 5 nitrogen and oxygen atoms in total.